The summed E-state index contributed by atoms with van der Waals surface area (Å²) in [5.74, 6) is -1.50. The number of nitrogens with zero attached hydrogens (tertiary/aromatic N) is 1. The van der Waals surface area contributed by atoms with Crippen molar-refractivity contribution in [1.82, 2.24) is 0 Å². The number of phenolic OH excluding ortho intramolecular Hbond substituents is 1. The average molecular weight is 308 g/mol. The number of rotatable bonds is 4. The topological polar surface area (TPSA) is 49.5 Å². The minimum atomic E-state index is -0.761. The Bertz CT molecular complexity index is 668. The van der Waals surface area contributed by atoms with Gasteiger partial charge in [0.2, 0.25) is 0 Å². The molecule has 0 aliphatic heterocycles. The molecule has 2 aromatic carbocycles. The quantitative estimate of drug-likeness (QED) is 0.849. The third-order valence-electron chi connectivity index (χ3n) is 3.03. The molecule has 0 aliphatic carbocycles. The standard InChI is InChI=1S/C15H14F2N2OS/c1-2-19(10-4-3-5-11(20)8-10)14-12(16)6-9(15(18)21)7-13(14)17/h3-8,20H,2H2,1H3,(H2,18,21). The van der Waals surface area contributed by atoms with Gasteiger partial charge in [-0.3, -0.25) is 0 Å². The SMILES string of the molecule is CCN(c1cccc(O)c1)c1c(F)cc(C(N)=S)cc1F. The van der Waals surface area contributed by atoms with Crippen LogP contribution in [0.3, 0.4) is 0 Å². The Kier molecular flexibility index (Phi) is 4.37. The molecule has 0 fully saturated rings. The molecule has 0 heterocycles. The van der Waals surface area contributed by atoms with E-state index in [2.05, 4.69) is 0 Å². The van der Waals surface area contributed by atoms with Gasteiger partial charge in [-0.2, -0.15) is 0 Å². The van der Waals surface area contributed by atoms with Gasteiger partial charge in [0.1, 0.15) is 16.4 Å². The fourth-order valence-electron chi connectivity index (χ4n) is 2.10. The van der Waals surface area contributed by atoms with E-state index in [1.54, 1.807) is 19.1 Å². The van der Waals surface area contributed by atoms with Crippen molar-refractivity contribution in [2.75, 3.05) is 11.4 Å². The largest absolute Gasteiger partial charge is 0.508 e. The number of phenols is 1. The van der Waals surface area contributed by atoms with Crippen LogP contribution in [0, 0.1) is 11.6 Å². The van der Waals surface area contributed by atoms with Crippen LogP contribution in [0.1, 0.15) is 12.5 Å². The molecule has 110 valence electrons. The van der Waals surface area contributed by atoms with Crippen LogP contribution in [0.25, 0.3) is 0 Å². The molecule has 3 N–H and O–H groups in total. The maximum atomic E-state index is 14.2. The summed E-state index contributed by atoms with van der Waals surface area (Å²) in [6.45, 7) is 2.08. The molecule has 0 saturated heterocycles. The zero-order valence-corrected chi connectivity index (χ0v) is 12.1. The summed E-state index contributed by atoms with van der Waals surface area (Å²) in [6, 6.07) is 8.39. The Morgan fingerprint density at radius 3 is 2.33 bits per heavy atom. The third kappa shape index (κ3) is 3.11. The molecule has 21 heavy (non-hydrogen) atoms. The minimum absolute atomic E-state index is 0.0199. The number of thiocarbonyl (C=S) groups is 1. The van der Waals surface area contributed by atoms with Crippen LogP contribution in [0.5, 0.6) is 5.75 Å². The molecule has 2 rings (SSSR count). The number of halogens is 2. The van der Waals surface area contributed by atoms with Crippen LogP contribution in [0.4, 0.5) is 20.2 Å². The predicted octanol–water partition coefficient (Wildman–Crippen LogP) is 3.46. The van der Waals surface area contributed by atoms with Gasteiger partial charge in [-0.1, -0.05) is 18.3 Å². The molecular formula is C15H14F2N2OS. The molecular weight excluding hydrogens is 294 g/mol. The zero-order chi connectivity index (χ0) is 15.6. The van der Waals surface area contributed by atoms with Crippen molar-refractivity contribution in [3.8, 4) is 5.75 Å². The van der Waals surface area contributed by atoms with Crippen LogP contribution in [-0.2, 0) is 0 Å². The predicted molar refractivity (Wildman–Crippen MR) is 83.0 cm³/mol. The monoisotopic (exact) mass is 308 g/mol. The smallest absolute Gasteiger partial charge is 0.150 e. The van der Waals surface area contributed by atoms with E-state index >= 15 is 0 Å². The maximum absolute atomic E-state index is 14.2. The van der Waals surface area contributed by atoms with Gasteiger partial charge in [0.05, 0.1) is 0 Å². The zero-order valence-electron chi connectivity index (χ0n) is 11.3. The summed E-state index contributed by atoms with van der Waals surface area (Å²) in [6.07, 6.45) is 0. The number of hydrogen-bond acceptors (Lipinski definition) is 3. The molecule has 0 aromatic heterocycles. The lowest BCUT2D eigenvalue weighted by molar-refractivity contribution is 0.475. The first-order valence-corrected chi connectivity index (χ1v) is 6.70. The van der Waals surface area contributed by atoms with Crippen LogP contribution in [0.15, 0.2) is 36.4 Å². The summed E-state index contributed by atoms with van der Waals surface area (Å²) in [5.41, 5.74) is 5.81. The fraction of sp³-hybridized carbons (Fsp3) is 0.133. The van der Waals surface area contributed by atoms with Crippen molar-refractivity contribution in [3.63, 3.8) is 0 Å². The van der Waals surface area contributed by atoms with Crippen molar-refractivity contribution in [2.45, 2.75) is 6.92 Å². The number of aromatic hydroxyl groups is 1. The number of hydrogen-bond donors (Lipinski definition) is 2. The minimum Gasteiger partial charge on any atom is -0.508 e. The van der Waals surface area contributed by atoms with E-state index in [0.717, 1.165) is 12.1 Å². The molecule has 0 radical (unpaired) electrons. The third-order valence-corrected chi connectivity index (χ3v) is 3.26. The highest BCUT2D eigenvalue weighted by Crippen LogP contribution is 2.32. The van der Waals surface area contributed by atoms with Crippen molar-refractivity contribution in [3.05, 3.63) is 53.6 Å². The molecule has 6 heteroatoms. The summed E-state index contributed by atoms with van der Waals surface area (Å²) in [4.78, 5) is 1.35. The van der Waals surface area contributed by atoms with Crippen LogP contribution in [-0.4, -0.2) is 16.6 Å². The molecule has 0 atom stereocenters. The summed E-state index contributed by atoms with van der Waals surface area (Å²) in [7, 11) is 0. The van der Waals surface area contributed by atoms with Crippen LogP contribution in [0.2, 0.25) is 0 Å². The lowest BCUT2D eigenvalue weighted by Gasteiger charge is -2.24. The lowest BCUT2D eigenvalue weighted by atomic mass is 10.1. The number of benzene rings is 2. The second kappa shape index (κ2) is 6.05. The Morgan fingerprint density at radius 1 is 1.24 bits per heavy atom. The van der Waals surface area contributed by atoms with Gasteiger partial charge in [-0.05, 0) is 31.2 Å². The molecule has 0 unspecified atom stereocenters. The lowest BCUT2D eigenvalue weighted by Crippen LogP contribution is -2.20. The first-order valence-electron chi connectivity index (χ1n) is 6.29. The van der Waals surface area contributed by atoms with Gasteiger partial charge in [-0.15, -0.1) is 0 Å². The van der Waals surface area contributed by atoms with Crippen LogP contribution < -0.4 is 10.6 Å². The molecule has 2 aromatic rings. The van der Waals surface area contributed by atoms with Crippen molar-refractivity contribution < 1.29 is 13.9 Å². The van der Waals surface area contributed by atoms with Gasteiger partial charge >= 0.3 is 0 Å². The van der Waals surface area contributed by atoms with E-state index in [4.69, 9.17) is 18.0 Å². The Balaban J connectivity index is 2.55. The maximum Gasteiger partial charge on any atom is 0.150 e. The van der Waals surface area contributed by atoms with Crippen LogP contribution >= 0.6 is 12.2 Å². The van der Waals surface area contributed by atoms with E-state index in [1.165, 1.54) is 17.0 Å². The van der Waals surface area contributed by atoms with Gasteiger partial charge in [-0.25, -0.2) is 8.78 Å². The van der Waals surface area contributed by atoms with E-state index in [-0.39, 0.29) is 22.0 Å². The van der Waals surface area contributed by atoms with E-state index in [0.29, 0.717) is 12.2 Å². The molecule has 0 aliphatic rings. The van der Waals surface area contributed by atoms with E-state index < -0.39 is 11.6 Å². The van der Waals surface area contributed by atoms with Gasteiger partial charge in [0.15, 0.2) is 11.6 Å². The Morgan fingerprint density at radius 2 is 1.86 bits per heavy atom. The average Bonchev–Trinajstić information content (AvgIpc) is 2.42. The fourth-order valence-corrected chi connectivity index (χ4v) is 2.21. The van der Waals surface area contributed by atoms with Crippen molar-refractivity contribution >= 4 is 28.6 Å². The first kappa shape index (κ1) is 15.2. The van der Waals surface area contributed by atoms with E-state index in [9.17, 15) is 13.9 Å². The number of nitrogens with two attached hydrogens (primary N) is 1. The summed E-state index contributed by atoms with van der Waals surface area (Å²) >= 11 is 4.73. The highest BCUT2D eigenvalue weighted by atomic mass is 32.1. The van der Waals surface area contributed by atoms with Gasteiger partial charge < -0.3 is 15.7 Å². The second-order valence-electron chi connectivity index (χ2n) is 4.42. The molecule has 0 spiro atoms. The molecule has 0 saturated carbocycles. The molecule has 3 nitrogen and oxygen atoms in total. The Hall–Kier alpha value is -2.21. The highest BCUT2D eigenvalue weighted by Gasteiger charge is 2.19. The highest BCUT2D eigenvalue weighted by molar-refractivity contribution is 7.80. The summed E-state index contributed by atoms with van der Waals surface area (Å²) in [5, 5.41) is 9.51. The summed E-state index contributed by atoms with van der Waals surface area (Å²) < 4.78 is 28.5. The Labute approximate surface area is 126 Å². The van der Waals surface area contributed by atoms with E-state index in [1.807, 2.05) is 0 Å². The van der Waals surface area contributed by atoms with Crippen molar-refractivity contribution in [2.24, 2.45) is 5.73 Å². The number of anilines is 2. The second-order valence-corrected chi connectivity index (χ2v) is 4.86. The molecule has 0 amide bonds. The first-order chi connectivity index (χ1) is 9.93. The van der Waals surface area contributed by atoms with Crippen molar-refractivity contribution in [1.29, 1.82) is 0 Å². The van der Waals surface area contributed by atoms with Gasteiger partial charge in [0, 0.05) is 23.9 Å². The van der Waals surface area contributed by atoms with Gasteiger partial charge in [0.25, 0.3) is 0 Å². The molecule has 0 bridgehead atoms. The normalized spacial score (nSPS) is 10.4.